The van der Waals surface area contributed by atoms with Gasteiger partial charge >= 0.3 is 5.97 Å². The minimum Gasteiger partial charge on any atom is -0.465 e. The smallest absolute Gasteiger partial charge is 0.337 e. The summed E-state index contributed by atoms with van der Waals surface area (Å²) in [6, 6.07) is 3.67. The first-order valence-electron chi connectivity index (χ1n) is 3.98. The second-order valence-electron chi connectivity index (χ2n) is 2.92. The molecule has 2 nitrogen and oxygen atoms in total. The molecule has 0 N–H and O–H groups in total. The van der Waals surface area contributed by atoms with Crippen LogP contribution < -0.4 is 5.19 Å². The molecule has 67 valence electrons. The highest BCUT2D eigenvalue weighted by Crippen LogP contribution is 2.07. The Morgan fingerprint density at radius 2 is 2.00 bits per heavy atom. The highest BCUT2D eigenvalue weighted by molar-refractivity contribution is 6.37. The van der Waals surface area contributed by atoms with Gasteiger partial charge in [0.05, 0.1) is 22.9 Å². The Labute approximate surface area is 81.3 Å². The number of carbonyl (C=O) groups is 1. The van der Waals surface area contributed by atoms with Crippen molar-refractivity contribution in [2.24, 2.45) is 0 Å². The van der Waals surface area contributed by atoms with Gasteiger partial charge in [-0.05, 0) is 36.2 Å². The van der Waals surface area contributed by atoms with Gasteiger partial charge < -0.3 is 4.74 Å². The number of esters is 1. The van der Waals surface area contributed by atoms with E-state index in [-0.39, 0.29) is 5.97 Å². The molecule has 0 atom stereocenters. The Balaban J connectivity index is 3.26. The summed E-state index contributed by atoms with van der Waals surface area (Å²) in [5, 5.41) is 0.812. The van der Waals surface area contributed by atoms with Gasteiger partial charge in [-0.1, -0.05) is 6.07 Å². The molecule has 0 aliphatic heterocycles. The molecule has 0 spiro atoms. The first kappa shape index (κ1) is 9.99. The maximum atomic E-state index is 11.2. The number of hydrogen-bond acceptors (Lipinski definition) is 2. The van der Waals surface area contributed by atoms with Crippen molar-refractivity contribution in [1.29, 1.82) is 0 Å². The number of hydrogen-bond donors (Lipinski definition) is 0. The summed E-state index contributed by atoms with van der Waals surface area (Å²) in [6.07, 6.45) is 0. The second-order valence-corrected chi connectivity index (χ2v) is 3.42. The summed E-state index contributed by atoms with van der Waals surface area (Å²) < 4.78 is 4.64. The lowest BCUT2D eigenvalue weighted by Crippen LogP contribution is -2.20. The number of benzene rings is 1. The molecule has 1 rings (SSSR count). The van der Waals surface area contributed by atoms with Gasteiger partial charge in [0.2, 0.25) is 0 Å². The number of carbonyl (C=O) groups excluding carboxylic acids is 1. The highest BCUT2D eigenvalue weighted by Gasteiger charge is 2.10. The van der Waals surface area contributed by atoms with Crippen molar-refractivity contribution in [2.75, 3.05) is 7.11 Å². The van der Waals surface area contributed by atoms with Crippen LogP contribution in [0, 0.1) is 13.8 Å². The number of aryl methyl sites for hydroxylation is 1. The van der Waals surface area contributed by atoms with E-state index < -0.39 is 0 Å². The van der Waals surface area contributed by atoms with Crippen LogP contribution in [0.4, 0.5) is 0 Å². The molecule has 13 heavy (non-hydrogen) atoms. The van der Waals surface area contributed by atoms with Gasteiger partial charge in [-0.15, -0.1) is 0 Å². The fourth-order valence-electron chi connectivity index (χ4n) is 1.10. The zero-order valence-electron chi connectivity index (χ0n) is 7.97. The Morgan fingerprint density at radius 3 is 2.54 bits per heavy atom. The Hall–Kier alpha value is -1.09. The molecular weight excluding hydrogens is 180 g/mol. The number of rotatable bonds is 1. The van der Waals surface area contributed by atoms with E-state index in [1.165, 1.54) is 7.11 Å². The van der Waals surface area contributed by atoms with E-state index in [4.69, 9.17) is 0 Å². The third-order valence-electron chi connectivity index (χ3n) is 2.14. The molecule has 0 aliphatic rings. The van der Waals surface area contributed by atoms with Crippen LogP contribution in [0.15, 0.2) is 12.1 Å². The standard InChI is InChI=1S/C10H11O2Si/c1-6-4-5-8(10(11)12-3)9(13)7(6)2/h4-5H,1-3H3. The van der Waals surface area contributed by atoms with Crippen LogP contribution in [0.2, 0.25) is 0 Å². The van der Waals surface area contributed by atoms with E-state index >= 15 is 0 Å². The van der Waals surface area contributed by atoms with Crippen LogP contribution in [0.5, 0.6) is 0 Å². The van der Waals surface area contributed by atoms with E-state index in [1.54, 1.807) is 6.07 Å². The van der Waals surface area contributed by atoms with Crippen LogP contribution in [-0.4, -0.2) is 23.3 Å². The lowest BCUT2D eigenvalue weighted by molar-refractivity contribution is 0.0602. The minimum absolute atomic E-state index is 0.312. The molecule has 0 heterocycles. The molecular formula is C10H11O2Si. The van der Waals surface area contributed by atoms with Gasteiger partial charge in [-0.3, -0.25) is 0 Å². The summed E-state index contributed by atoms with van der Waals surface area (Å²) in [6.45, 7) is 3.96. The molecule has 0 saturated carbocycles. The molecule has 3 radical (unpaired) electrons. The SMILES string of the molecule is COC(=O)c1ccc(C)c(C)c1[Si]. The third-order valence-corrected chi connectivity index (χ3v) is 2.79. The summed E-state index contributed by atoms with van der Waals surface area (Å²) in [7, 11) is 4.80. The lowest BCUT2D eigenvalue weighted by Gasteiger charge is -2.08. The predicted octanol–water partition coefficient (Wildman–Crippen LogP) is 0.884. The van der Waals surface area contributed by atoms with Crippen LogP contribution in [0.25, 0.3) is 0 Å². The van der Waals surface area contributed by atoms with Crippen molar-refractivity contribution in [3.05, 3.63) is 28.8 Å². The summed E-state index contributed by atoms with van der Waals surface area (Å²) in [5.41, 5.74) is 2.79. The molecule has 1 aromatic carbocycles. The summed E-state index contributed by atoms with van der Waals surface area (Å²) in [5.74, 6) is -0.312. The van der Waals surface area contributed by atoms with Crippen molar-refractivity contribution in [2.45, 2.75) is 13.8 Å². The van der Waals surface area contributed by atoms with E-state index in [1.807, 2.05) is 19.9 Å². The van der Waals surface area contributed by atoms with Crippen molar-refractivity contribution < 1.29 is 9.53 Å². The van der Waals surface area contributed by atoms with Gasteiger partial charge in [0.1, 0.15) is 0 Å². The van der Waals surface area contributed by atoms with E-state index in [0.29, 0.717) is 5.56 Å². The molecule has 3 heteroatoms. The van der Waals surface area contributed by atoms with Crippen molar-refractivity contribution in [1.82, 2.24) is 0 Å². The van der Waals surface area contributed by atoms with Crippen LogP contribution in [0.3, 0.4) is 0 Å². The normalized spacial score (nSPS) is 9.85. The fraction of sp³-hybridized carbons (Fsp3) is 0.300. The molecule has 0 amide bonds. The largest absolute Gasteiger partial charge is 0.465 e. The van der Waals surface area contributed by atoms with Gasteiger partial charge in [0.15, 0.2) is 0 Å². The lowest BCUT2D eigenvalue weighted by atomic mass is 10.1. The second kappa shape index (κ2) is 3.74. The van der Waals surface area contributed by atoms with E-state index in [0.717, 1.165) is 16.3 Å². The quantitative estimate of drug-likeness (QED) is 0.486. The van der Waals surface area contributed by atoms with E-state index in [2.05, 4.69) is 15.0 Å². The molecule has 0 saturated heterocycles. The molecule has 0 aliphatic carbocycles. The van der Waals surface area contributed by atoms with Crippen LogP contribution in [-0.2, 0) is 4.74 Å². The molecule has 0 aromatic heterocycles. The fourth-order valence-corrected chi connectivity index (χ4v) is 1.48. The molecule has 1 aromatic rings. The highest BCUT2D eigenvalue weighted by atomic mass is 28.1. The summed E-state index contributed by atoms with van der Waals surface area (Å²) in [4.78, 5) is 11.2. The minimum atomic E-state index is -0.312. The Morgan fingerprint density at radius 1 is 1.38 bits per heavy atom. The topological polar surface area (TPSA) is 26.3 Å². The van der Waals surface area contributed by atoms with Gasteiger partial charge in [0, 0.05) is 0 Å². The summed E-state index contributed by atoms with van der Waals surface area (Å²) >= 11 is 0. The zero-order valence-corrected chi connectivity index (χ0v) is 8.97. The monoisotopic (exact) mass is 191 g/mol. The first-order chi connectivity index (χ1) is 6.07. The van der Waals surface area contributed by atoms with E-state index in [9.17, 15) is 4.79 Å². The average Bonchev–Trinajstić information content (AvgIpc) is 2.13. The van der Waals surface area contributed by atoms with Crippen molar-refractivity contribution in [3.8, 4) is 0 Å². The van der Waals surface area contributed by atoms with Crippen molar-refractivity contribution >= 4 is 21.4 Å². The Kier molecular flexibility index (Phi) is 2.88. The molecule has 0 fully saturated rings. The molecule has 0 bridgehead atoms. The van der Waals surface area contributed by atoms with Gasteiger partial charge in [-0.25, -0.2) is 4.79 Å². The maximum Gasteiger partial charge on any atom is 0.337 e. The van der Waals surface area contributed by atoms with Crippen LogP contribution in [0.1, 0.15) is 21.5 Å². The maximum absolute atomic E-state index is 11.2. The van der Waals surface area contributed by atoms with Crippen LogP contribution >= 0.6 is 0 Å². The molecule has 0 unspecified atom stereocenters. The Bertz CT molecular complexity index is 345. The third kappa shape index (κ3) is 1.80. The first-order valence-corrected chi connectivity index (χ1v) is 4.48. The number of methoxy groups -OCH3 is 1. The zero-order chi connectivity index (χ0) is 10.0. The van der Waals surface area contributed by atoms with Gasteiger partial charge in [0.25, 0.3) is 0 Å². The van der Waals surface area contributed by atoms with Crippen molar-refractivity contribution in [3.63, 3.8) is 0 Å². The van der Waals surface area contributed by atoms with Gasteiger partial charge in [-0.2, -0.15) is 0 Å². The average molecular weight is 191 g/mol. The number of ether oxygens (including phenoxy) is 1. The predicted molar refractivity (Wildman–Crippen MR) is 52.6 cm³/mol.